The second kappa shape index (κ2) is 8.59. The van der Waals surface area contributed by atoms with E-state index in [1.807, 2.05) is 17.5 Å². The van der Waals surface area contributed by atoms with E-state index >= 15 is 0 Å². The zero-order valence-corrected chi connectivity index (χ0v) is 18.4. The first kappa shape index (κ1) is 20.1. The third-order valence-electron chi connectivity index (χ3n) is 5.08. The Kier molecular flexibility index (Phi) is 6.40. The lowest BCUT2D eigenvalue weighted by molar-refractivity contribution is -0.119. The van der Waals surface area contributed by atoms with Crippen molar-refractivity contribution in [3.8, 4) is 10.8 Å². The number of aliphatic imine (C=N–C) groups is 1. The second-order valence-corrected chi connectivity index (χ2v) is 7.95. The van der Waals surface area contributed by atoms with Gasteiger partial charge in [0.25, 0.3) is 0 Å². The molecule has 1 unspecified atom stereocenters. The molecular formula is C18H24IN5O2S. The zero-order valence-electron chi connectivity index (χ0n) is 15.2. The highest BCUT2D eigenvalue weighted by atomic mass is 127. The summed E-state index contributed by atoms with van der Waals surface area (Å²) in [5.41, 5.74) is 0.895. The Hall–Kier alpha value is -1.62. The lowest BCUT2D eigenvalue weighted by atomic mass is 9.79. The smallest absolute Gasteiger partial charge is 0.236 e. The third kappa shape index (κ3) is 4.45. The molecule has 0 saturated carbocycles. The quantitative estimate of drug-likeness (QED) is 0.384. The molecule has 4 rings (SSSR count). The molecule has 0 aliphatic carbocycles. The van der Waals surface area contributed by atoms with Gasteiger partial charge < -0.3 is 20.0 Å². The highest BCUT2D eigenvalue weighted by Gasteiger charge is 2.42. The van der Waals surface area contributed by atoms with E-state index in [4.69, 9.17) is 4.42 Å². The molecule has 2 aliphatic heterocycles. The molecule has 27 heavy (non-hydrogen) atoms. The fraction of sp³-hybridized carbons (Fsp3) is 0.500. The first-order valence-corrected chi connectivity index (χ1v) is 9.76. The van der Waals surface area contributed by atoms with Crippen molar-refractivity contribution >= 4 is 47.2 Å². The van der Waals surface area contributed by atoms with Gasteiger partial charge in [0.15, 0.2) is 5.96 Å². The van der Waals surface area contributed by atoms with E-state index in [-0.39, 0.29) is 35.3 Å². The van der Waals surface area contributed by atoms with E-state index < -0.39 is 0 Å². The molecule has 146 valence electrons. The Morgan fingerprint density at radius 1 is 1.56 bits per heavy atom. The van der Waals surface area contributed by atoms with Gasteiger partial charge in [-0.2, -0.15) is 0 Å². The van der Waals surface area contributed by atoms with Crippen LogP contribution in [0, 0.1) is 5.41 Å². The number of likely N-dealkylation sites (tertiary alicyclic amines) is 1. The van der Waals surface area contributed by atoms with Crippen molar-refractivity contribution in [2.75, 3.05) is 26.7 Å². The number of amides is 1. The number of guanidine groups is 1. The third-order valence-corrected chi connectivity index (χ3v) is 5.94. The van der Waals surface area contributed by atoms with Gasteiger partial charge in [-0.25, -0.2) is 4.98 Å². The largest absolute Gasteiger partial charge is 0.443 e. The van der Waals surface area contributed by atoms with E-state index in [1.54, 1.807) is 24.6 Å². The van der Waals surface area contributed by atoms with Crippen molar-refractivity contribution in [2.24, 2.45) is 10.4 Å². The SMILES string of the molecule is CN=C(NCc1coc(-c2cccs2)n1)N1CCCC2(CNC(=O)C2)C1.I. The van der Waals surface area contributed by atoms with Crippen LogP contribution < -0.4 is 10.6 Å². The van der Waals surface area contributed by atoms with Crippen LogP contribution in [-0.2, 0) is 11.3 Å². The summed E-state index contributed by atoms with van der Waals surface area (Å²) in [4.78, 5) is 23.9. The summed E-state index contributed by atoms with van der Waals surface area (Å²) < 4.78 is 5.57. The average molecular weight is 501 g/mol. The number of piperidine rings is 1. The number of rotatable bonds is 3. The number of nitrogens with one attached hydrogen (secondary N) is 2. The van der Waals surface area contributed by atoms with Gasteiger partial charge in [-0.3, -0.25) is 9.79 Å². The lowest BCUT2D eigenvalue weighted by Gasteiger charge is -2.40. The molecule has 2 aliphatic rings. The van der Waals surface area contributed by atoms with Crippen LogP contribution in [0.15, 0.2) is 33.2 Å². The van der Waals surface area contributed by atoms with Crippen LogP contribution in [0.3, 0.4) is 0 Å². The molecular weight excluding hydrogens is 477 g/mol. The number of halogens is 1. The Morgan fingerprint density at radius 3 is 3.15 bits per heavy atom. The van der Waals surface area contributed by atoms with Crippen molar-refractivity contribution in [3.63, 3.8) is 0 Å². The minimum Gasteiger partial charge on any atom is -0.443 e. The molecule has 9 heteroatoms. The van der Waals surface area contributed by atoms with Gasteiger partial charge >= 0.3 is 0 Å². The molecule has 2 saturated heterocycles. The first-order chi connectivity index (χ1) is 12.7. The monoisotopic (exact) mass is 501 g/mol. The standard InChI is InChI=1S/C18H23N5O2S.HI/c1-19-17(23-6-3-5-18(12-23)8-15(24)21-11-18)20-9-13-10-25-16(22-13)14-4-2-7-26-14;/h2,4,7,10H,3,5-6,8-9,11-12H2,1H3,(H,19,20)(H,21,24);1H. The highest BCUT2D eigenvalue weighted by molar-refractivity contribution is 14.0. The van der Waals surface area contributed by atoms with Gasteiger partial charge in [-0.15, -0.1) is 35.3 Å². The number of carbonyl (C=O) groups excluding carboxylic acids is 1. The van der Waals surface area contributed by atoms with Crippen molar-refractivity contribution in [3.05, 3.63) is 29.5 Å². The van der Waals surface area contributed by atoms with E-state index in [1.165, 1.54) is 0 Å². The normalized spacial score (nSPS) is 22.6. The van der Waals surface area contributed by atoms with Crippen LogP contribution in [0.25, 0.3) is 10.8 Å². The van der Waals surface area contributed by atoms with E-state index in [0.29, 0.717) is 18.9 Å². The van der Waals surface area contributed by atoms with Crippen LogP contribution in [0.5, 0.6) is 0 Å². The fourth-order valence-electron chi connectivity index (χ4n) is 3.83. The van der Waals surface area contributed by atoms with Crippen LogP contribution in [-0.4, -0.2) is 48.4 Å². The maximum atomic E-state index is 11.7. The summed E-state index contributed by atoms with van der Waals surface area (Å²) >= 11 is 1.61. The number of hydrogen-bond acceptors (Lipinski definition) is 5. The number of nitrogens with zero attached hydrogens (tertiary/aromatic N) is 3. The van der Waals surface area contributed by atoms with Crippen molar-refractivity contribution in [1.82, 2.24) is 20.5 Å². The Labute approximate surface area is 179 Å². The van der Waals surface area contributed by atoms with Crippen LogP contribution >= 0.6 is 35.3 Å². The van der Waals surface area contributed by atoms with E-state index in [2.05, 4.69) is 25.5 Å². The van der Waals surface area contributed by atoms with Crippen LogP contribution in [0.2, 0.25) is 0 Å². The Bertz CT molecular complexity index is 807. The average Bonchev–Trinajstić information content (AvgIpc) is 3.37. The summed E-state index contributed by atoms with van der Waals surface area (Å²) in [6, 6.07) is 3.98. The molecule has 2 aromatic heterocycles. The minimum atomic E-state index is 0. The number of oxazole rings is 1. The molecule has 2 aromatic rings. The number of thiophene rings is 1. The summed E-state index contributed by atoms with van der Waals surface area (Å²) in [5.74, 6) is 1.67. The van der Waals surface area contributed by atoms with Crippen molar-refractivity contribution in [1.29, 1.82) is 0 Å². The second-order valence-electron chi connectivity index (χ2n) is 7.00. The lowest BCUT2D eigenvalue weighted by Crippen LogP contribution is -2.51. The topological polar surface area (TPSA) is 82.8 Å². The Balaban J connectivity index is 0.00000210. The predicted molar refractivity (Wildman–Crippen MR) is 116 cm³/mol. The van der Waals surface area contributed by atoms with Gasteiger partial charge in [0.1, 0.15) is 6.26 Å². The maximum absolute atomic E-state index is 11.7. The minimum absolute atomic E-state index is 0. The predicted octanol–water partition coefficient (Wildman–Crippen LogP) is 2.70. The molecule has 1 spiro atoms. The molecule has 7 nitrogen and oxygen atoms in total. The number of aromatic nitrogens is 1. The molecule has 1 atom stereocenters. The molecule has 2 fully saturated rings. The molecule has 4 heterocycles. The molecule has 1 amide bonds. The van der Waals surface area contributed by atoms with Gasteiger partial charge in [-0.05, 0) is 24.3 Å². The summed E-state index contributed by atoms with van der Waals surface area (Å²) in [6.07, 6.45) is 4.47. The summed E-state index contributed by atoms with van der Waals surface area (Å²) in [5, 5.41) is 8.38. The fourth-order valence-corrected chi connectivity index (χ4v) is 4.49. The van der Waals surface area contributed by atoms with Crippen LogP contribution in [0.1, 0.15) is 25.0 Å². The molecule has 0 bridgehead atoms. The maximum Gasteiger partial charge on any atom is 0.236 e. The zero-order chi connectivity index (χ0) is 18.0. The Morgan fingerprint density at radius 2 is 2.44 bits per heavy atom. The number of carbonyl (C=O) groups is 1. The van der Waals surface area contributed by atoms with Gasteiger partial charge in [0, 0.05) is 38.5 Å². The summed E-state index contributed by atoms with van der Waals surface area (Å²) in [6.45, 7) is 3.13. The summed E-state index contributed by atoms with van der Waals surface area (Å²) in [7, 11) is 1.79. The highest BCUT2D eigenvalue weighted by Crippen LogP contribution is 2.36. The van der Waals surface area contributed by atoms with E-state index in [9.17, 15) is 4.79 Å². The first-order valence-electron chi connectivity index (χ1n) is 8.88. The van der Waals surface area contributed by atoms with Gasteiger partial charge in [0.2, 0.25) is 11.8 Å². The van der Waals surface area contributed by atoms with Gasteiger partial charge in [0.05, 0.1) is 17.1 Å². The van der Waals surface area contributed by atoms with Gasteiger partial charge in [-0.1, -0.05) is 6.07 Å². The molecule has 0 aromatic carbocycles. The van der Waals surface area contributed by atoms with E-state index in [0.717, 1.165) is 49.0 Å². The molecule has 0 radical (unpaired) electrons. The van der Waals surface area contributed by atoms with Crippen molar-refractivity contribution < 1.29 is 9.21 Å². The number of hydrogen-bond donors (Lipinski definition) is 2. The molecule has 2 N–H and O–H groups in total. The van der Waals surface area contributed by atoms with Crippen LogP contribution in [0.4, 0.5) is 0 Å². The van der Waals surface area contributed by atoms with Crippen molar-refractivity contribution in [2.45, 2.75) is 25.8 Å².